The molecule has 0 heterocycles. The summed E-state index contributed by atoms with van der Waals surface area (Å²) in [4.78, 5) is 10.1. The molecule has 1 N–H and O–H groups in total. The van der Waals surface area contributed by atoms with Crippen molar-refractivity contribution in [3.8, 4) is 11.8 Å². The Morgan fingerprint density at radius 1 is 1.31 bits per heavy atom. The predicted octanol–water partition coefficient (Wildman–Crippen LogP) is 2.45. The SMILES string of the molecule is Cc1cc(C#CC(=O)O)cc(C(F)(F)F)c1. The number of carboxylic acid groups (broad SMARTS) is 1. The molecular weight excluding hydrogens is 221 g/mol. The van der Waals surface area contributed by atoms with Gasteiger partial charge in [-0.15, -0.1) is 0 Å². The Morgan fingerprint density at radius 2 is 1.94 bits per heavy atom. The first-order valence-electron chi connectivity index (χ1n) is 4.23. The molecule has 0 unspecified atom stereocenters. The molecule has 0 aliphatic carbocycles. The van der Waals surface area contributed by atoms with Crippen LogP contribution in [0.5, 0.6) is 0 Å². The molecule has 0 spiro atoms. The molecule has 2 nitrogen and oxygen atoms in total. The first kappa shape index (κ1) is 12.1. The third kappa shape index (κ3) is 3.31. The van der Waals surface area contributed by atoms with E-state index < -0.39 is 17.7 Å². The van der Waals surface area contributed by atoms with Gasteiger partial charge in [0.2, 0.25) is 0 Å². The third-order valence-corrected chi connectivity index (χ3v) is 1.72. The molecule has 1 rings (SSSR count). The monoisotopic (exact) mass is 228 g/mol. The summed E-state index contributed by atoms with van der Waals surface area (Å²) in [6.07, 6.45) is -4.45. The fourth-order valence-corrected chi connectivity index (χ4v) is 1.14. The van der Waals surface area contributed by atoms with Crippen molar-refractivity contribution in [1.29, 1.82) is 0 Å². The van der Waals surface area contributed by atoms with Gasteiger partial charge >= 0.3 is 12.1 Å². The van der Waals surface area contributed by atoms with Gasteiger partial charge in [-0.05, 0) is 30.7 Å². The number of rotatable bonds is 0. The molecule has 16 heavy (non-hydrogen) atoms. The van der Waals surface area contributed by atoms with Gasteiger partial charge in [-0.1, -0.05) is 5.92 Å². The predicted molar refractivity (Wildman–Crippen MR) is 50.7 cm³/mol. The average molecular weight is 228 g/mol. The van der Waals surface area contributed by atoms with Crippen molar-refractivity contribution in [2.45, 2.75) is 13.1 Å². The van der Waals surface area contributed by atoms with Crippen LogP contribution in [-0.2, 0) is 11.0 Å². The summed E-state index contributed by atoms with van der Waals surface area (Å²) in [5.41, 5.74) is -0.415. The van der Waals surface area contributed by atoms with Gasteiger partial charge in [-0.2, -0.15) is 13.2 Å². The van der Waals surface area contributed by atoms with Crippen LogP contribution in [0.4, 0.5) is 13.2 Å². The Labute approximate surface area is 89.7 Å². The molecule has 0 aromatic heterocycles. The second kappa shape index (κ2) is 4.27. The second-order valence-corrected chi connectivity index (χ2v) is 3.14. The summed E-state index contributed by atoms with van der Waals surface area (Å²) in [5.74, 6) is 2.54. The van der Waals surface area contributed by atoms with Gasteiger partial charge in [-0.3, -0.25) is 0 Å². The molecule has 0 radical (unpaired) electrons. The number of aliphatic carboxylic acids is 1. The molecule has 5 heteroatoms. The van der Waals surface area contributed by atoms with E-state index in [4.69, 9.17) is 5.11 Å². The molecule has 0 bridgehead atoms. The molecule has 1 aromatic carbocycles. The Kier molecular flexibility index (Phi) is 3.23. The van der Waals surface area contributed by atoms with Gasteiger partial charge < -0.3 is 5.11 Å². The van der Waals surface area contributed by atoms with E-state index in [2.05, 4.69) is 5.92 Å². The molecule has 84 valence electrons. The minimum Gasteiger partial charge on any atom is -0.472 e. The Morgan fingerprint density at radius 3 is 2.44 bits per heavy atom. The highest BCUT2D eigenvalue weighted by atomic mass is 19.4. The van der Waals surface area contributed by atoms with E-state index in [9.17, 15) is 18.0 Å². The summed E-state index contributed by atoms with van der Waals surface area (Å²) in [7, 11) is 0. The Bertz CT molecular complexity index is 478. The number of carboxylic acids is 1. The minimum atomic E-state index is -4.45. The van der Waals surface area contributed by atoms with Crippen LogP contribution in [0.15, 0.2) is 18.2 Å². The van der Waals surface area contributed by atoms with Crippen molar-refractivity contribution < 1.29 is 23.1 Å². The summed E-state index contributed by atoms with van der Waals surface area (Å²) in [6, 6.07) is 3.19. The summed E-state index contributed by atoms with van der Waals surface area (Å²) >= 11 is 0. The van der Waals surface area contributed by atoms with Crippen LogP contribution in [0.2, 0.25) is 0 Å². The van der Waals surface area contributed by atoms with Gasteiger partial charge in [0.05, 0.1) is 5.56 Å². The molecule has 0 aliphatic rings. The first-order valence-corrected chi connectivity index (χ1v) is 4.23. The van der Waals surface area contributed by atoms with Crippen LogP contribution in [-0.4, -0.2) is 11.1 Å². The summed E-state index contributed by atoms with van der Waals surface area (Å²) in [6.45, 7) is 1.49. The number of hydrogen-bond acceptors (Lipinski definition) is 1. The fourth-order valence-electron chi connectivity index (χ4n) is 1.14. The van der Waals surface area contributed by atoms with Gasteiger partial charge in [0.15, 0.2) is 0 Å². The second-order valence-electron chi connectivity index (χ2n) is 3.14. The van der Waals surface area contributed by atoms with E-state index in [1.54, 1.807) is 5.92 Å². The highest BCUT2D eigenvalue weighted by Gasteiger charge is 2.30. The van der Waals surface area contributed by atoms with Crippen molar-refractivity contribution in [3.05, 3.63) is 34.9 Å². The van der Waals surface area contributed by atoms with Crippen LogP contribution in [0, 0.1) is 18.8 Å². The van der Waals surface area contributed by atoms with Crippen LogP contribution in [0.3, 0.4) is 0 Å². The van der Waals surface area contributed by atoms with Gasteiger partial charge in [0.25, 0.3) is 0 Å². The molecule has 1 aromatic rings. The van der Waals surface area contributed by atoms with Crippen LogP contribution in [0.1, 0.15) is 16.7 Å². The van der Waals surface area contributed by atoms with Crippen molar-refractivity contribution in [2.75, 3.05) is 0 Å². The van der Waals surface area contributed by atoms with Crippen molar-refractivity contribution in [2.24, 2.45) is 0 Å². The highest BCUT2D eigenvalue weighted by molar-refractivity contribution is 5.87. The minimum absolute atomic E-state index is 0.0368. The lowest BCUT2D eigenvalue weighted by Crippen LogP contribution is -2.05. The van der Waals surface area contributed by atoms with E-state index in [0.29, 0.717) is 5.56 Å². The van der Waals surface area contributed by atoms with Gasteiger partial charge in [0.1, 0.15) is 0 Å². The summed E-state index contributed by atoms with van der Waals surface area (Å²) in [5, 5.41) is 8.28. The maximum Gasteiger partial charge on any atom is 0.416 e. The molecule has 0 amide bonds. The zero-order chi connectivity index (χ0) is 12.3. The topological polar surface area (TPSA) is 37.3 Å². The van der Waals surface area contributed by atoms with E-state index in [-0.39, 0.29) is 5.56 Å². The smallest absolute Gasteiger partial charge is 0.416 e. The number of halogens is 3. The van der Waals surface area contributed by atoms with E-state index in [0.717, 1.165) is 12.1 Å². The molecule has 0 fully saturated rings. The standard InChI is InChI=1S/C11H7F3O2/c1-7-4-8(2-3-10(15)16)6-9(5-7)11(12,13)14/h4-6H,1H3,(H,15,16). The lowest BCUT2D eigenvalue weighted by Gasteiger charge is -2.07. The Hall–Kier alpha value is -1.96. The molecular formula is C11H7F3O2. The van der Waals surface area contributed by atoms with E-state index >= 15 is 0 Å². The lowest BCUT2D eigenvalue weighted by atomic mass is 10.1. The largest absolute Gasteiger partial charge is 0.472 e. The number of carbonyl (C=O) groups is 1. The summed E-state index contributed by atoms with van der Waals surface area (Å²) < 4.78 is 37.1. The normalized spacial score (nSPS) is 10.5. The molecule has 0 atom stereocenters. The molecule has 0 aliphatic heterocycles. The van der Waals surface area contributed by atoms with Crippen molar-refractivity contribution in [3.63, 3.8) is 0 Å². The number of benzene rings is 1. The fraction of sp³-hybridized carbons (Fsp3) is 0.182. The molecule has 0 saturated carbocycles. The average Bonchev–Trinajstić information content (AvgIpc) is 2.12. The van der Waals surface area contributed by atoms with Gasteiger partial charge in [0, 0.05) is 11.5 Å². The number of aryl methyl sites for hydroxylation is 1. The third-order valence-electron chi connectivity index (χ3n) is 1.72. The maximum absolute atomic E-state index is 12.4. The maximum atomic E-state index is 12.4. The quantitative estimate of drug-likeness (QED) is 0.692. The Balaban J connectivity index is 3.20. The van der Waals surface area contributed by atoms with Crippen molar-refractivity contribution in [1.82, 2.24) is 0 Å². The lowest BCUT2D eigenvalue weighted by molar-refractivity contribution is -0.137. The van der Waals surface area contributed by atoms with Crippen LogP contribution < -0.4 is 0 Å². The molecule has 0 saturated heterocycles. The zero-order valence-electron chi connectivity index (χ0n) is 8.22. The van der Waals surface area contributed by atoms with E-state index in [1.165, 1.54) is 13.0 Å². The van der Waals surface area contributed by atoms with Crippen molar-refractivity contribution >= 4 is 5.97 Å². The zero-order valence-corrected chi connectivity index (χ0v) is 8.22. The highest BCUT2D eigenvalue weighted by Crippen LogP contribution is 2.30. The van der Waals surface area contributed by atoms with Crippen LogP contribution in [0.25, 0.3) is 0 Å². The number of hydrogen-bond donors (Lipinski definition) is 1. The van der Waals surface area contributed by atoms with E-state index in [1.807, 2.05) is 0 Å². The first-order chi connectivity index (χ1) is 7.29. The number of alkyl halides is 3. The van der Waals surface area contributed by atoms with Crippen LogP contribution >= 0.6 is 0 Å². The van der Waals surface area contributed by atoms with Gasteiger partial charge in [-0.25, -0.2) is 4.79 Å².